The molecule has 1 heterocycles. The van der Waals surface area contributed by atoms with E-state index in [0.29, 0.717) is 6.54 Å². The van der Waals surface area contributed by atoms with Crippen LogP contribution in [0.15, 0.2) is 66.3 Å². The number of aromatic nitrogens is 3. The number of nitrogens with zero attached hydrogens (tertiary/aromatic N) is 3. The maximum absolute atomic E-state index is 12.9. The van der Waals surface area contributed by atoms with Gasteiger partial charge in [0.1, 0.15) is 0 Å². The third kappa shape index (κ3) is 4.19. The number of carbonyl (C=O) groups is 1. The van der Waals surface area contributed by atoms with Crippen molar-refractivity contribution in [2.75, 3.05) is 0 Å². The Morgan fingerprint density at radius 3 is 2.56 bits per heavy atom. The first-order valence-corrected chi connectivity index (χ1v) is 9.77. The van der Waals surface area contributed by atoms with Crippen molar-refractivity contribution in [2.24, 2.45) is 0 Å². The molecular weight excluding hydrogens is 354 g/mol. The van der Waals surface area contributed by atoms with Gasteiger partial charge < -0.3 is 0 Å². The van der Waals surface area contributed by atoms with Crippen molar-refractivity contribution in [3.8, 4) is 11.4 Å². The van der Waals surface area contributed by atoms with Crippen molar-refractivity contribution in [1.29, 1.82) is 0 Å². The zero-order valence-electron chi connectivity index (χ0n) is 15.8. The molecule has 1 atom stereocenters. The van der Waals surface area contributed by atoms with Crippen LogP contribution in [0.3, 0.4) is 0 Å². The lowest BCUT2D eigenvalue weighted by Gasteiger charge is -2.12. The van der Waals surface area contributed by atoms with Gasteiger partial charge in [0.2, 0.25) is 0 Å². The van der Waals surface area contributed by atoms with E-state index in [-0.39, 0.29) is 11.0 Å². The number of hydrogen-bond acceptors (Lipinski definition) is 4. The summed E-state index contributed by atoms with van der Waals surface area (Å²) in [4.78, 5) is 12.9. The molecule has 4 nitrogen and oxygen atoms in total. The minimum absolute atomic E-state index is 0.0949. The number of carbonyl (C=O) groups excluding carboxylic acids is 1. The highest BCUT2D eigenvalue weighted by Gasteiger charge is 2.21. The second-order valence-corrected chi connectivity index (χ2v) is 7.80. The van der Waals surface area contributed by atoms with E-state index >= 15 is 0 Å². The van der Waals surface area contributed by atoms with Gasteiger partial charge in [0.25, 0.3) is 0 Å². The summed E-state index contributed by atoms with van der Waals surface area (Å²) >= 11 is 1.43. The van der Waals surface area contributed by atoms with Crippen LogP contribution in [0.1, 0.15) is 28.4 Å². The highest BCUT2D eigenvalue weighted by molar-refractivity contribution is 8.00. The summed E-state index contributed by atoms with van der Waals surface area (Å²) in [5.74, 6) is 0.876. The summed E-state index contributed by atoms with van der Waals surface area (Å²) in [5.41, 5.74) is 4.03. The van der Waals surface area contributed by atoms with Gasteiger partial charge in [0, 0.05) is 17.7 Å². The van der Waals surface area contributed by atoms with Crippen molar-refractivity contribution in [1.82, 2.24) is 14.8 Å². The average molecular weight is 378 g/mol. The molecule has 0 bridgehead atoms. The number of allylic oxidation sites excluding steroid dienone is 1. The normalized spacial score (nSPS) is 12.0. The predicted molar refractivity (Wildman–Crippen MR) is 111 cm³/mol. The SMILES string of the molecule is C=CCn1c(S[C@H](C)C(=O)c2ccc(C)c(C)c2)nnc1-c1ccccc1. The molecule has 0 N–H and O–H groups in total. The van der Waals surface area contributed by atoms with Gasteiger partial charge in [0.15, 0.2) is 16.8 Å². The molecule has 0 radical (unpaired) electrons. The summed E-state index contributed by atoms with van der Waals surface area (Å²) in [6.45, 7) is 10.4. The largest absolute Gasteiger partial charge is 0.298 e. The average Bonchev–Trinajstić information content (AvgIpc) is 3.07. The number of aryl methyl sites for hydroxylation is 2. The van der Waals surface area contributed by atoms with Gasteiger partial charge in [0.05, 0.1) is 5.25 Å². The van der Waals surface area contributed by atoms with Crippen molar-refractivity contribution >= 4 is 17.5 Å². The van der Waals surface area contributed by atoms with Gasteiger partial charge in [-0.1, -0.05) is 60.3 Å². The maximum Gasteiger partial charge on any atom is 0.192 e. The quantitative estimate of drug-likeness (QED) is 0.326. The Hall–Kier alpha value is -2.66. The van der Waals surface area contributed by atoms with Crippen LogP contribution in [-0.4, -0.2) is 25.8 Å². The number of benzene rings is 2. The van der Waals surface area contributed by atoms with Crippen LogP contribution in [0.4, 0.5) is 0 Å². The van der Waals surface area contributed by atoms with Crippen LogP contribution < -0.4 is 0 Å². The van der Waals surface area contributed by atoms with Gasteiger partial charge in [-0.15, -0.1) is 16.8 Å². The molecule has 0 aliphatic carbocycles. The Kier molecular flexibility index (Phi) is 5.91. The molecule has 0 saturated carbocycles. The van der Waals surface area contributed by atoms with Gasteiger partial charge in [-0.3, -0.25) is 9.36 Å². The van der Waals surface area contributed by atoms with Gasteiger partial charge >= 0.3 is 0 Å². The smallest absolute Gasteiger partial charge is 0.192 e. The molecule has 0 amide bonds. The Balaban J connectivity index is 1.86. The molecule has 0 unspecified atom stereocenters. The first kappa shape index (κ1) is 19.1. The topological polar surface area (TPSA) is 47.8 Å². The number of hydrogen-bond donors (Lipinski definition) is 0. The minimum atomic E-state index is -0.261. The van der Waals surface area contributed by atoms with Crippen LogP contribution in [0.5, 0.6) is 0 Å². The fourth-order valence-corrected chi connectivity index (χ4v) is 3.75. The first-order chi connectivity index (χ1) is 13.0. The molecule has 27 heavy (non-hydrogen) atoms. The Morgan fingerprint density at radius 1 is 1.15 bits per heavy atom. The van der Waals surface area contributed by atoms with Crippen LogP contribution in [-0.2, 0) is 6.54 Å². The third-order valence-corrected chi connectivity index (χ3v) is 5.58. The predicted octanol–water partition coefficient (Wildman–Crippen LogP) is 5.11. The van der Waals surface area contributed by atoms with Gasteiger partial charge in [-0.25, -0.2) is 0 Å². The van der Waals surface area contributed by atoms with E-state index in [2.05, 4.69) is 16.8 Å². The number of thioether (sulfide) groups is 1. The number of rotatable bonds is 7. The highest BCUT2D eigenvalue weighted by Crippen LogP contribution is 2.28. The van der Waals surface area contributed by atoms with E-state index in [9.17, 15) is 4.79 Å². The van der Waals surface area contributed by atoms with Crippen LogP contribution in [0.2, 0.25) is 0 Å². The van der Waals surface area contributed by atoms with E-state index in [1.165, 1.54) is 17.3 Å². The van der Waals surface area contributed by atoms with Gasteiger partial charge in [-0.05, 0) is 38.0 Å². The van der Waals surface area contributed by atoms with Crippen molar-refractivity contribution in [3.63, 3.8) is 0 Å². The summed E-state index contributed by atoms with van der Waals surface area (Å²) in [7, 11) is 0. The molecule has 0 aliphatic rings. The molecule has 5 heteroatoms. The summed E-state index contributed by atoms with van der Waals surface area (Å²) in [5, 5.41) is 9.14. The molecule has 0 aliphatic heterocycles. The molecule has 1 aromatic heterocycles. The Bertz CT molecular complexity index is 963. The molecule has 0 saturated heterocycles. The van der Waals surface area contributed by atoms with Crippen LogP contribution >= 0.6 is 11.8 Å². The molecule has 0 fully saturated rings. The lowest BCUT2D eigenvalue weighted by Crippen LogP contribution is -2.15. The molecule has 2 aromatic carbocycles. The number of ketones is 1. The van der Waals surface area contributed by atoms with Gasteiger partial charge in [-0.2, -0.15) is 0 Å². The van der Waals surface area contributed by atoms with Crippen molar-refractivity contribution < 1.29 is 4.79 Å². The summed E-state index contributed by atoms with van der Waals surface area (Å²) < 4.78 is 2.00. The summed E-state index contributed by atoms with van der Waals surface area (Å²) in [6, 6.07) is 15.8. The molecule has 3 aromatic rings. The van der Waals surface area contributed by atoms with E-state index in [4.69, 9.17) is 0 Å². The zero-order chi connectivity index (χ0) is 19.4. The number of Topliss-reactive ketones (excluding diaryl/α,β-unsaturated/α-hetero) is 1. The Morgan fingerprint density at radius 2 is 1.89 bits per heavy atom. The third-order valence-electron chi connectivity index (χ3n) is 4.50. The van der Waals surface area contributed by atoms with E-state index < -0.39 is 0 Å². The highest BCUT2D eigenvalue weighted by atomic mass is 32.2. The zero-order valence-corrected chi connectivity index (χ0v) is 16.7. The summed E-state index contributed by atoms with van der Waals surface area (Å²) in [6.07, 6.45) is 1.82. The molecular formula is C22H23N3OS. The van der Waals surface area contributed by atoms with Crippen LogP contribution in [0.25, 0.3) is 11.4 Å². The fraction of sp³-hybridized carbons (Fsp3) is 0.227. The fourth-order valence-electron chi connectivity index (χ4n) is 2.81. The monoisotopic (exact) mass is 377 g/mol. The van der Waals surface area contributed by atoms with E-state index in [0.717, 1.165) is 27.7 Å². The first-order valence-electron chi connectivity index (χ1n) is 8.89. The molecule has 3 rings (SSSR count). The standard InChI is InChI=1S/C22H23N3OS/c1-5-13-25-21(18-9-7-6-8-10-18)23-24-22(25)27-17(4)20(26)19-12-11-15(2)16(3)14-19/h5-12,14,17H,1,13H2,2-4H3/t17-/m1/s1. The van der Waals surface area contributed by atoms with Crippen molar-refractivity contribution in [2.45, 2.75) is 37.7 Å². The van der Waals surface area contributed by atoms with E-state index in [1.807, 2.05) is 79.9 Å². The molecule has 138 valence electrons. The van der Waals surface area contributed by atoms with Crippen molar-refractivity contribution in [3.05, 3.63) is 77.9 Å². The minimum Gasteiger partial charge on any atom is -0.298 e. The lowest BCUT2D eigenvalue weighted by atomic mass is 10.0. The Labute approximate surface area is 164 Å². The lowest BCUT2D eigenvalue weighted by molar-refractivity contribution is 0.0993. The van der Waals surface area contributed by atoms with E-state index in [1.54, 1.807) is 0 Å². The van der Waals surface area contributed by atoms with Crippen LogP contribution in [0, 0.1) is 13.8 Å². The molecule has 0 spiro atoms. The maximum atomic E-state index is 12.9. The second kappa shape index (κ2) is 8.35. The second-order valence-electron chi connectivity index (χ2n) is 6.49.